The molecule has 1 atom stereocenters. The lowest BCUT2D eigenvalue weighted by atomic mass is 10.1. The van der Waals surface area contributed by atoms with Gasteiger partial charge in [-0.2, -0.15) is 5.10 Å². The van der Waals surface area contributed by atoms with Gasteiger partial charge in [-0.3, -0.25) is 9.59 Å². The topological polar surface area (TPSA) is 89.2 Å². The first-order valence-corrected chi connectivity index (χ1v) is 8.59. The van der Waals surface area contributed by atoms with E-state index in [9.17, 15) is 14.7 Å². The minimum Gasteiger partial charge on any atom is -0.378 e. The maximum Gasteiger partial charge on any atom is 0.257 e. The number of hydrogen-bond acceptors (Lipinski definition) is 4. The summed E-state index contributed by atoms with van der Waals surface area (Å²) in [6.45, 7) is 4.93. The van der Waals surface area contributed by atoms with Crippen molar-refractivity contribution in [2.75, 3.05) is 5.32 Å². The Kier molecular flexibility index (Phi) is 4.96. The van der Waals surface area contributed by atoms with Crippen LogP contribution in [0, 0.1) is 13.8 Å². The van der Waals surface area contributed by atoms with Gasteiger partial charge in [-0.1, -0.05) is 6.07 Å². The molecule has 2 heterocycles. The molecule has 3 rings (SSSR count). The van der Waals surface area contributed by atoms with E-state index in [1.807, 2.05) is 31.3 Å². The van der Waals surface area contributed by atoms with Gasteiger partial charge in [-0.05, 0) is 57.2 Å². The Morgan fingerprint density at radius 3 is 2.44 bits per heavy atom. The largest absolute Gasteiger partial charge is 0.378 e. The van der Waals surface area contributed by atoms with Crippen molar-refractivity contribution < 1.29 is 9.90 Å². The summed E-state index contributed by atoms with van der Waals surface area (Å²) in [6.07, 6.45) is 1.85. The summed E-state index contributed by atoms with van der Waals surface area (Å²) in [7, 11) is 0. The summed E-state index contributed by atoms with van der Waals surface area (Å²) in [5.74, 6) is -0.583. The number of carbonyl (C=O) groups is 1. The molecule has 7 heteroatoms. The molecule has 0 saturated heterocycles. The van der Waals surface area contributed by atoms with Gasteiger partial charge in [0.15, 0.2) is 5.60 Å². The zero-order valence-corrected chi connectivity index (χ0v) is 15.5. The molecule has 1 amide bonds. The Bertz CT molecular complexity index is 1020. The maximum absolute atomic E-state index is 12.5. The standard InChI is InChI=1S/C20H22N4O3/c1-14-11-12-24(22-14)17-9-7-16(8-10-17)21-19(26)20(3,27)13-23-15(2)5-4-6-18(23)25/h4-12,27H,13H2,1-3H3,(H,21,26). The molecule has 1 aromatic carbocycles. The van der Waals surface area contributed by atoms with Gasteiger partial charge in [0, 0.05) is 23.6 Å². The van der Waals surface area contributed by atoms with E-state index in [1.165, 1.54) is 17.6 Å². The first kappa shape index (κ1) is 18.6. The van der Waals surface area contributed by atoms with Gasteiger partial charge < -0.3 is 15.0 Å². The Morgan fingerprint density at radius 2 is 1.85 bits per heavy atom. The Labute approximate surface area is 156 Å². The normalized spacial score (nSPS) is 13.2. The van der Waals surface area contributed by atoms with Crippen LogP contribution in [0.25, 0.3) is 5.69 Å². The van der Waals surface area contributed by atoms with Gasteiger partial charge in [0.1, 0.15) is 0 Å². The molecule has 0 bridgehead atoms. The second-order valence-corrected chi connectivity index (χ2v) is 6.77. The molecule has 1 unspecified atom stereocenters. The van der Waals surface area contributed by atoms with Gasteiger partial charge in [-0.25, -0.2) is 4.68 Å². The minimum atomic E-state index is -1.74. The summed E-state index contributed by atoms with van der Waals surface area (Å²) in [5, 5.41) is 17.6. The van der Waals surface area contributed by atoms with E-state index < -0.39 is 11.5 Å². The molecule has 7 nitrogen and oxygen atoms in total. The lowest BCUT2D eigenvalue weighted by Crippen LogP contribution is -2.46. The third-order valence-corrected chi connectivity index (χ3v) is 4.34. The van der Waals surface area contributed by atoms with E-state index >= 15 is 0 Å². The SMILES string of the molecule is Cc1ccn(-c2ccc(NC(=O)C(C)(O)Cn3c(C)cccc3=O)cc2)n1. The van der Waals surface area contributed by atoms with Crippen LogP contribution in [0.4, 0.5) is 5.69 Å². The second-order valence-electron chi connectivity index (χ2n) is 6.77. The van der Waals surface area contributed by atoms with E-state index in [4.69, 9.17) is 0 Å². The number of pyridine rings is 1. The molecule has 0 aliphatic carbocycles. The average molecular weight is 366 g/mol. The first-order valence-electron chi connectivity index (χ1n) is 8.59. The van der Waals surface area contributed by atoms with E-state index in [-0.39, 0.29) is 12.1 Å². The number of aryl methyl sites for hydroxylation is 2. The molecule has 3 aromatic rings. The summed E-state index contributed by atoms with van der Waals surface area (Å²) in [4.78, 5) is 24.5. The predicted octanol–water partition coefficient (Wildman–Crippen LogP) is 2.04. The number of anilines is 1. The molecule has 27 heavy (non-hydrogen) atoms. The number of benzene rings is 1. The highest BCUT2D eigenvalue weighted by Gasteiger charge is 2.31. The second kappa shape index (κ2) is 7.20. The molecular weight excluding hydrogens is 344 g/mol. The maximum atomic E-state index is 12.5. The average Bonchev–Trinajstić information content (AvgIpc) is 3.05. The van der Waals surface area contributed by atoms with Crippen molar-refractivity contribution >= 4 is 11.6 Å². The number of rotatable bonds is 5. The summed E-state index contributed by atoms with van der Waals surface area (Å²) >= 11 is 0. The fourth-order valence-electron chi connectivity index (χ4n) is 2.73. The molecular formula is C20H22N4O3. The van der Waals surface area contributed by atoms with Crippen molar-refractivity contribution in [1.82, 2.24) is 14.3 Å². The molecule has 0 saturated carbocycles. The van der Waals surface area contributed by atoms with Crippen LogP contribution in [-0.2, 0) is 11.3 Å². The monoisotopic (exact) mass is 366 g/mol. The van der Waals surface area contributed by atoms with Gasteiger partial charge in [0.05, 0.1) is 17.9 Å². The van der Waals surface area contributed by atoms with Crippen LogP contribution in [0.3, 0.4) is 0 Å². The zero-order valence-electron chi connectivity index (χ0n) is 15.5. The number of hydrogen-bond donors (Lipinski definition) is 2. The summed E-state index contributed by atoms with van der Waals surface area (Å²) < 4.78 is 3.12. The lowest BCUT2D eigenvalue weighted by Gasteiger charge is -2.24. The van der Waals surface area contributed by atoms with E-state index in [0.29, 0.717) is 11.4 Å². The number of aliphatic hydroxyl groups is 1. The lowest BCUT2D eigenvalue weighted by molar-refractivity contribution is -0.133. The molecule has 0 aliphatic rings. The summed E-state index contributed by atoms with van der Waals surface area (Å²) in [6, 6.07) is 13.8. The fraction of sp³-hybridized carbons (Fsp3) is 0.250. The molecule has 2 aromatic heterocycles. The Balaban J connectivity index is 1.73. The van der Waals surface area contributed by atoms with E-state index in [0.717, 1.165) is 11.4 Å². The van der Waals surface area contributed by atoms with Crippen LogP contribution in [0.1, 0.15) is 18.3 Å². The summed E-state index contributed by atoms with van der Waals surface area (Å²) in [5.41, 5.74) is 0.990. The zero-order chi connectivity index (χ0) is 19.6. The van der Waals surface area contributed by atoms with Crippen LogP contribution < -0.4 is 10.9 Å². The number of amides is 1. The molecule has 140 valence electrons. The smallest absolute Gasteiger partial charge is 0.257 e. The molecule has 0 aliphatic heterocycles. The van der Waals surface area contributed by atoms with Crippen LogP contribution in [0.15, 0.2) is 59.5 Å². The van der Waals surface area contributed by atoms with Crippen molar-refractivity contribution in [3.8, 4) is 5.69 Å². The highest BCUT2D eigenvalue weighted by molar-refractivity contribution is 5.96. The van der Waals surface area contributed by atoms with Crippen LogP contribution in [-0.4, -0.2) is 31.0 Å². The number of nitrogens with zero attached hydrogens (tertiary/aromatic N) is 3. The highest BCUT2D eigenvalue weighted by atomic mass is 16.3. The molecule has 2 N–H and O–H groups in total. The van der Waals surface area contributed by atoms with Gasteiger partial charge in [0.25, 0.3) is 11.5 Å². The van der Waals surface area contributed by atoms with Crippen molar-refractivity contribution in [1.29, 1.82) is 0 Å². The predicted molar refractivity (Wildman–Crippen MR) is 103 cm³/mol. The van der Waals surface area contributed by atoms with Crippen molar-refractivity contribution in [3.05, 3.63) is 76.5 Å². The van der Waals surface area contributed by atoms with Crippen molar-refractivity contribution in [3.63, 3.8) is 0 Å². The van der Waals surface area contributed by atoms with Gasteiger partial charge in [0.2, 0.25) is 0 Å². The Morgan fingerprint density at radius 1 is 1.15 bits per heavy atom. The molecule has 0 radical (unpaired) electrons. The van der Waals surface area contributed by atoms with E-state index in [2.05, 4.69) is 10.4 Å². The van der Waals surface area contributed by atoms with Crippen LogP contribution in [0.2, 0.25) is 0 Å². The molecule has 0 spiro atoms. The minimum absolute atomic E-state index is 0.130. The van der Waals surface area contributed by atoms with Crippen LogP contribution >= 0.6 is 0 Å². The number of nitrogens with one attached hydrogen (secondary N) is 1. The van der Waals surface area contributed by atoms with Crippen molar-refractivity contribution in [2.24, 2.45) is 0 Å². The highest BCUT2D eigenvalue weighted by Crippen LogP contribution is 2.16. The van der Waals surface area contributed by atoms with Gasteiger partial charge >= 0.3 is 0 Å². The quantitative estimate of drug-likeness (QED) is 0.723. The van der Waals surface area contributed by atoms with Gasteiger partial charge in [-0.15, -0.1) is 0 Å². The fourth-order valence-corrected chi connectivity index (χ4v) is 2.73. The molecule has 0 fully saturated rings. The third-order valence-electron chi connectivity index (χ3n) is 4.34. The van der Waals surface area contributed by atoms with E-state index in [1.54, 1.807) is 35.9 Å². The Hall–Kier alpha value is -3.19. The van der Waals surface area contributed by atoms with Crippen LogP contribution in [0.5, 0.6) is 0 Å². The number of carbonyl (C=O) groups excluding carboxylic acids is 1. The third kappa shape index (κ3) is 4.15. The van der Waals surface area contributed by atoms with Crippen molar-refractivity contribution in [2.45, 2.75) is 32.9 Å². The first-order chi connectivity index (χ1) is 12.8. The number of aromatic nitrogens is 3.